The van der Waals surface area contributed by atoms with Crippen molar-refractivity contribution in [2.45, 2.75) is 17.9 Å². The zero-order valence-electron chi connectivity index (χ0n) is 7.32. The minimum absolute atomic E-state index is 0.122. The van der Waals surface area contributed by atoms with Crippen molar-refractivity contribution in [2.75, 3.05) is 13.2 Å². The zero-order chi connectivity index (χ0) is 10.2. The summed E-state index contributed by atoms with van der Waals surface area (Å²) in [5.74, 6) is 0. The molecule has 78 valence electrons. The SMILES string of the molecule is OC[C@H]1OC[C@](O)(n2ccnn2)[C@@H]1O. The molecule has 0 aromatic carbocycles. The van der Waals surface area contributed by atoms with Gasteiger partial charge < -0.3 is 20.1 Å². The monoisotopic (exact) mass is 201 g/mol. The summed E-state index contributed by atoms with van der Waals surface area (Å²) in [6, 6.07) is 0. The first kappa shape index (κ1) is 9.53. The van der Waals surface area contributed by atoms with Gasteiger partial charge in [0.25, 0.3) is 0 Å². The van der Waals surface area contributed by atoms with Gasteiger partial charge in [0.1, 0.15) is 12.2 Å². The van der Waals surface area contributed by atoms with Crippen molar-refractivity contribution in [3.05, 3.63) is 12.4 Å². The van der Waals surface area contributed by atoms with Crippen molar-refractivity contribution in [3.63, 3.8) is 0 Å². The summed E-state index contributed by atoms with van der Waals surface area (Å²) in [7, 11) is 0. The number of aromatic nitrogens is 3. The van der Waals surface area contributed by atoms with Crippen LogP contribution in [0.5, 0.6) is 0 Å². The van der Waals surface area contributed by atoms with Crippen LogP contribution in [0.4, 0.5) is 0 Å². The van der Waals surface area contributed by atoms with E-state index in [2.05, 4.69) is 10.3 Å². The Kier molecular flexibility index (Phi) is 2.23. The Balaban J connectivity index is 2.26. The predicted molar refractivity (Wildman–Crippen MR) is 43.0 cm³/mol. The van der Waals surface area contributed by atoms with Gasteiger partial charge in [-0.15, -0.1) is 5.10 Å². The quantitative estimate of drug-likeness (QED) is 0.496. The average Bonchev–Trinajstić information content (AvgIpc) is 2.78. The standard InChI is InChI=1S/C7H11N3O4/c11-3-5-6(12)7(13,4-14-5)10-2-1-8-9-10/h1-2,5-6,11-13H,3-4H2/t5-,6-,7-/m1/s1. The van der Waals surface area contributed by atoms with Crippen LogP contribution in [0.15, 0.2) is 12.4 Å². The maximum atomic E-state index is 10.00. The van der Waals surface area contributed by atoms with E-state index in [9.17, 15) is 10.2 Å². The van der Waals surface area contributed by atoms with Crippen molar-refractivity contribution >= 4 is 0 Å². The molecule has 0 saturated carbocycles. The molecule has 2 rings (SSSR count). The Labute approximate surface area is 79.5 Å². The number of hydrogen-bond acceptors (Lipinski definition) is 6. The zero-order valence-corrected chi connectivity index (χ0v) is 7.32. The van der Waals surface area contributed by atoms with Gasteiger partial charge in [-0.1, -0.05) is 5.21 Å². The Morgan fingerprint density at radius 2 is 2.43 bits per heavy atom. The second-order valence-electron chi connectivity index (χ2n) is 3.20. The number of aliphatic hydroxyl groups excluding tert-OH is 2. The largest absolute Gasteiger partial charge is 0.394 e. The highest BCUT2D eigenvalue weighted by Crippen LogP contribution is 2.28. The second-order valence-corrected chi connectivity index (χ2v) is 3.20. The first-order valence-corrected chi connectivity index (χ1v) is 4.18. The predicted octanol–water partition coefficient (Wildman–Crippen LogP) is -2.32. The molecule has 2 heterocycles. The van der Waals surface area contributed by atoms with E-state index in [0.29, 0.717) is 0 Å². The average molecular weight is 201 g/mol. The third-order valence-electron chi connectivity index (χ3n) is 2.33. The maximum absolute atomic E-state index is 10.00. The second kappa shape index (κ2) is 3.28. The molecule has 0 bridgehead atoms. The molecule has 1 saturated heterocycles. The van der Waals surface area contributed by atoms with E-state index in [0.717, 1.165) is 4.68 Å². The molecule has 0 unspecified atom stereocenters. The molecule has 1 aromatic rings. The number of rotatable bonds is 2. The highest BCUT2D eigenvalue weighted by atomic mass is 16.6. The van der Waals surface area contributed by atoms with Crippen molar-refractivity contribution in [1.82, 2.24) is 15.0 Å². The Morgan fingerprint density at radius 3 is 2.93 bits per heavy atom. The first-order valence-electron chi connectivity index (χ1n) is 4.18. The van der Waals surface area contributed by atoms with Crippen LogP contribution in [-0.2, 0) is 10.5 Å². The summed E-state index contributed by atoms with van der Waals surface area (Å²) in [6.07, 6.45) is 0.807. The van der Waals surface area contributed by atoms with Crippen LogP contribution >= 0.6 is 0 Å². The maximum Gasteiger partial charge on any atom is 0.211 e. The van der Waals surface area contributed by atoms with E-state index in [1.807, 2.05) is 0 Å². The van der Waals surface area contributed by atoms with Crippen LogP contribution in [0, 0.1) is 0 Å². The molecule has 14 heavy (non-hydrogen) atoms. The number of nitrogens with zero attached hydrogens (tertiary/aromatic N) is 3. The summed E-state index contributed by atoms with van der Waals surface area (Å²) >= 11 is 0. The van der Waals surface area contributed by atoms with Crippen LogP contribution in [0.2, 0.25) is 0 Å². The highest BCUT2D eigenvalue weighted by Gasteiger charge is 2.49. The van der Waals surface area contributed by atoms with Crippen LogP contribution in [0.1, 0.15) is 0 Å². The molecular weight excluding hydrogens is 190 g/mol. The summed E-state index contributed by atoms with van der Waals surface area (Å²) in [5.41, 5.74) is -1.64. The normalized spacial score (nSPS) is 37.6. The molecule has 3 atom stereocenters. The molecule has 1 aliphatic heterocycles. The lowest BCUT2D eigenvalue weighted by atomic mass is 10.1. The third-order valence-corrected chi connectivity index (χ3v) is 2.33. The first-order chi connectivity index (χ1) is 6.68. The van der Waals surface area contributed by atoms with E-state index < -0.39 is 17.9 Å². The molecule has 1 aliphatic rings. The van der Waals surface area contributed by atoms with Crippen molar-refractivity contribution in [1.29, 1.82) is 0 Å². The van der Waals surface area contributed by atoms with E-state index in [4.69, 9.17) is 9.84 Å². The van der Waals surface area contributed by atoms with Crippen LogP contribution < -0.4 is 0 Å². The van der Waals surface area contributed by atoms with Gasteiger partial charge in [0.05, 0.1) is 19.4 Å². The Bertz CT molecular complexity index is 304. The van der Waals surface area contributed by atoms with Gasteiger partial charge in [-0.05, 0) is 0 Å². The highest BCUT2D eigenvalue weighted by molar-refractivity contribution is 4.93. The minimum atomic E-state index is -1.64. The van der Waals surface area contributed by atoms with Gasteiger partial charge in [0.2, 0.25) is 5.72 Å². The van der Waals surface area contributed by atoms with Crippen LogP contribution in [0.25, 0.3) is 0 Å². The summed E-state index contributed by atoms with van der Waals surface area (Å²) in [4.78, 5) is 0. The molecule has 7 nitrogen and oxygen atoms in total. The molecule has 3 N–H and O–H groups in total. The Morgan fingerprint density at radius 1 is 1.64 bits per heavy atom. The van der Waals surface area contributed by atoms with Crippen LogP contribution in [0.3, 0.4) is 0 Å². The topological polar surface area (TPSA) is 101 Å². The van der Waals surface area contributed by atoms with Gasteiger partial charge in [-0.25, -0.2) is 4.68 Å². The fraction of sp³-hybridized carbons (Fsp3) is 0.714. The van der Waals surface area contributed by atoms with Gasteiger partial charge in [0, 0.05) is 6.20 Å². The summed E-state index contributed by atoms with van der Waals surface area (Å²) in [5, 5.41) is 35.6. The van der Waals surface area contributed by atoms with Crippen molar-refractivity contribution < 1.29 is 20.1 Å². The summed E-state index contributed by atoms with van der Waals surface area (Å²) in [6.45, 7) is -0.471. The smallest absolute Gasteiger partial charge is 0.211 e. The minimum Gasteiger partial charge on any atom is -0.394 e. The third kappa shape index (κ3) is 1.22. The van der Waals surface area contributed by atoms with E-state index in [1.165, 1.54) is 12.4 Å². The fourth-order valence-electron chi connectivity index (χ4n) is 1.47. The molecule has 0 amide bonds. The molecule has 0 aliphatic carbocycles. The molecule has 7 heteroatoms. The fourth-order valence-corrected chi connectivity index (χ4v) is 1.47. The number of ether oxygens (including phenoxy) is 1. The van der Waals surface area contributed by atoms with E-state index in [1.54, 1.807) is 0 Å². The molecular formula is C7H11N3O4. The molecule has 0 radical (unpaired) electrons. The van der Waals surface area contributed by atoms with Gasteiger partial charge in [-0.3, -0.25) is 0 Å². The van der Waals surface area contributed by atoms with E-state index in [-0.39, 0.29) is 13.2 Å². The number of hydrogen-bond donors (Lipinski definition) is 3. The Hall–Kier alpha value is -1.02. The van der Waals surface area contributed by atoms with Gasteiger partial charge >= 0.3 is 0 Å². The van der Waals surface area contributed by atoms with Crippen molar-refractivity contribution in [2.24, 2.45) is 0 Å². The lowest BCUT2D eigenvalue weighted by Gasteiger charge is -2.25. The van der Waals surface area contributed by atoms with Crippen molar-refractivity contribution in [3.8, 4) is 0 Å². The van der Waals surface area contributed by atoms with Crippen LogP contribution in [-0.4, -0.2) is 55.7 Å². The lowest BCUT2D eigenvalue weighted by Crippen LogP contribution is -2.47. The molecule has 1 fully saturated rings. The lowest BCUT2D eigenvalue weighted by molar-refractivity contribution is -0.121. The molecule has 0 spiro atoms. The molecule has 1 aromatic heterocycles. The van der Waals surface area contributed by atoms with Gasteiger partial charge in [-0.2, -0.15) is 0 Å². The number of aliphatic hydroxyl groups is 3. The summed E-state index contributed by atoms with van der Waals surface area (Å²) < 4.78 is 6.13. The van der Waals surface area contributed by atoms with Gasteiger partial charge in [0.15, 0.2) is 0 Å². The van der Waals surface area contributed by atoms with E-state index >= 15 is 0 Å².